The third-order valence-corrected chi connectivity index (χ3v) is 6.49. The SMILES string of the molecule is c1ccc(-c2nc3ccccc3c3c2sc2c4ccccc4ccc23)cc1. The molecule has 2 aromatic heterocycles. The van der Waals surface area contributed by atoms with Gasteiger partial charge in [0.15, 0.2) is 0 Å². The van der Waals surface area contributed by atoms with Gasteiger partial charge in [-0.05, 0) is 16.8 Å². The van der Waals surface area contributed by atoms with Gasteiger partial charge < -0.3 is 0 Å². The third-order valence-electron chi connectivity index (χ3n) is 5.25. The first-order chi connectivity index (χ1) is 13.4. The van der Waals surface area contributed by atoms with Crippen molar-refractivity contribution in [2.45, 2.75) is 0 Å². The van der Waals surface area contributed by atoms with Gasteiger partial charge in [0.25, 0.3) is 0 Å². The molecule has 0 bridgehead atoms. The first kappa shape index (κ1) is 14.9. The third kappa shape index (κ3) is 2.14. The van der Waals surface area contributed by atoms with Crippen LogP contribution >= 0.6 is 11.3 Å². The molecule has 126 valence electrons. The molecule has 0 fully saturated rings. The highest BCUT2D eigenvalue weighted by atomic mass is 32.1. The van der Waals surface area contributed by atoms with Crippen molar-refractivity contribution in [2.24, 2.45) is 0 Å². The Hall–Kier alpha value is -3.23. The monoisotopic (exact) mass is 361 g/mol. The number of rotatable bonds is 1. The molecular formula is C25H15NS. The fourth-order valence-corrected chi connectivity index (χ4v) is 5.37. The van der Waals surface area contributed by atoms with Crippen LogP contribution in [0.25, 0.3) is 53.1 Å². The molecule has 0 aliphatic carbocycles. The normalized spacial score (nSPS) is 11.7. The summed E-state index contributed by atoms with van der Waals surface area (Å²) in [6.45, 7) is 0. The second kappa shape index (κ2) is 5.63. The summed E-state index contributed by atoms with van der Waals surface area (Å²) in [6.07, 6.45) is 0. The molecule has 6 aromatic rings. The maximum atomic E-state index is 5.06. The molecular weight excluding hydrogens is 346 g/mol. The predicted molar refractivity (Wildman–Crippen MR) is 118 cm³/mol. The molecule has 0 aliphatic rings. The van der Waals surface area contributed by atoms with E-state index in [0.29, 0.717) is 0 Å². The number of thiophene rings is 1. The van der Waals surface area contributed by atoms with Crippen LogP contribution in [-0.4, -0.2) is 4.98 Å². The average molecular weight is 361 g/mol. The summed E-state index contributed by atoms with van der Waals surface area (Å²) in [5, 5.41) is 6.48. The van der Waals surface area contributed by atoms with Crippen molar-refractivity contribution >= 4 is 53.2 Å². The minimum Gasteiger partial charge on any atom is -0.246 e. The van der Waals surface area contributed by atoms with E-state index in [0.717, 1.165) is 11.2 Å². The van der Waals surface area contributed by atoms with Crippen molar-refractivity contribution in [3.63, 3.8) is 0 Å². The Morgan fingerprint density at radius 1 is 0.556 bits per heavy atom. The fraction of sp³-hybridized carbons (Fsp3) is 0. The summed E-state index contributed by atoms with van der Waals surface area (Å²) >= 11 is 1.86. The fourth-order valence-electron chi connectivity index (χ4n) is 4.00. The zero-order valence-corrected chi connectivity index (χ0v) is 15.3. The van der Waals surface area contributed by atoms with Gasteiger partial charge in [-0.25, -0.2) is 4.98 Å². The molecule has 2 heterocycles. The Balaban J connectivity index is 1.89. The van der Waals surface area contributed by atoms with Crippen molar-refractivity contribution in [2.75, 3.05) is 0 Å². The number of fused-ring (bicyclic) bond motifs is 7. The van der Waals surface area contributed by atoms with E-state index < -0.39 is 0 Å². The van der Waals surface area contributed by atoms with Crippen molar-refractivity contribution in [1.29, 1.82) is 0 Å². The van der Waals surface area contributed by atoms with E-state index in [4.69, 9.17) is 4.98 Å². The van der Waals surface area contributed by atoms with Crippen LogP contribution in [0.15, 0.2) is 91.0 Å². The predicted octanol–water partition coefficient (Wildman–Crippen LogP) is 7.42. The first-order valence-electron chi connectivity index (χ1n) is 9.08. The van der Waals surface area contributed by atoms with E-state index in [2.05, 4.69) is 91.0 Å². The standard InChI is InChI=1S/C25H15NS/c1-2-9-17(10-3-1)23-25-22(19-12-6-7-13-21(19)26-23)20-15-14-16-8-4-5-11-18(16)24(20)27-25/h1-15H. The smallest absolute Gasteiger partial charge is 0.0888 e. The Morgan fingerprint density at radius 3 is 2.19 bits per heavy atom. The van der Waals surface area contributed by atoms with Crippen LogP contribution in [-0.2, 0) is 0 Å². The van der Waals surface area contributed by atoms with Gasteiger partial charge in [-0.15, -0.1) is 11.3 Å². The summed E-state index contributed by atoms with van der Waals surface area (Å²) < 4.78 is 2.62. The van der Waals surface area contributed by atoms with Crippen LogP contribution in [0.3, 0.4) is 0 Å². The average Bonchev–Trinajstić information content (AvgIpc) is 3.14. The van der Waals surface area contributed by atoms with E-state index in [1.54, 1.807) is 0 Å². The lowest BCUT2D eigenvalue weighted by atomic mass is 10.0. The van der Waals surface area contributed by atoms with Crippen LogP contribution in [0.1, 0.15) is 0 Å². The summed E-state index contributed by atoms with van der Waals surface area (Å²) in [6, 6.07) is 32.2. The highest BCUT2D eigenvalue weighted by Crippen LogP contribution is 2.44. The number of aromatic nitrogens is 1. The van der Waals surface area contributed by atoms with Crippen molar-refractivity contribution in [1.82, 2.24) is 4.98 Å². The van der Waals surface area contributed by atoms with Crippen molar-refractivity contribution in [3.05, 3.63) is 91.0 Å². The number of para-hydroxylation sites is 1. The van der Waals surface area contributed by atoms with Crippen LogP contribution < -0.4 is 0 Å². The second-order valence-electron chi connectivity index (χ2n) is 6.81. The van der Waals surface area contributed by atoms with Crippen LogP contribution in [0.5, 0.6) is 0 Å². The van der Waals surface area contributed by atoms with Crippen LogP contribution in [0.4, 0.5) is 0 Å². The zero-order chi connectivity index (χ0) is 17.8. The molecule has 0 N–H and O–H groups in total. The van der Waals surface area contributed by atoms with Crippen LogP contribution in [0.2, 0.25) is 0 Å². The lowest BCUT2D eigenvalue weighted by molar-refractivity contribution is 1.44. The Labute approximate surface area is 160 Å². The maximum Gasteiger partial charge on any atom is 0.0888 e. The molecule has 0 spiro atoms. The van der Waals surface area contributed by atoms with Gasteiger partial charge in [0.05, 0.1) is 15.9 Å². The van der Waals surface area contributed by atoms with Crippen LogP contribution in [0, 0.1) is 0 Å². The highest BCUT2D eigenvalue weighted by Gasteiger charge is 2.16. The van der Waals surface area contributed by atoms with Gasteiger partial charge in [-0.1, -0.05) is 84.9 Å². The molecule has 0 saturated carbocycles. The van der Waals surface area contributed by atoms with Gasteiger partial charge in [-0.2, -0.15) is 0 Å². The summed E-state index contributed by atoms with van der Waals surface area (Å²) in [4.78, 5) is 5.06. The van der Waals surface area contributed by atoms with E-state index in [9.17, 15) is 0 Å². The van der Waals surface area contributed by atoms with E-state index in [1.807, 2.05) is 11.3 Å². The molecule has 2 heteroatoms. The lowest BCUT2D eigenvalue weighted by Gasteiger charge is -2.07. The second-order valence-corrected chi connectivity index (χ2v) is 7.83. The Morgan fingerprint density at radius 2 is 1.30 bits per heavy atom. The molecule has 4 aromatic carbocycles. The van der Waals surface area contributed by atoms with Crippen molar-refractivity contribution < 1.29 is 0 Å². The molecule has 0 amide bonds. The minimum atomic E-state index is 1.05. The van der Waals surface area contributed by atoms with Gasteiger partial charge in [0.1, 0.15) is 0 Å². The van der Waals surface area contributed by atoms with Crippen molar-refractivity contribution in [3.8, 4) is 11.3 Å². The molecule has 1 nitrogen and oxygen atoms in total. The Bertz CT molecular complexity index is 1460. The summed E-state index contributed by atoms with van der Waals surface area (Å²) in [5.41, 5.74) is 3.30. The maximum absolute atomic E-state index is 5.06. The molecule has 6 rings (SSSR count). The number of benzene rings is 4. The van der Waals surface area contributed by atoms with Gasteiger partial charge in [-0.3, -0.25) is 0 Å². The Kier molecular flexibility index (Phi) is 3.11. The summed E-state index contributed by atoms with van der Waals surface area (Å²) in [7, 11) is 0. The zero-order valence-electron chi connectivity index (χ0n) is 14.5. The lowest BCUT2D eigenvalue weighted by Crippen LogP contribution is -1.86. The van der Waals surface area contributed by atoms with Gasteiger partial charge in [0, 0.05) is 26.4 Å². The molecule has 0 radical (unpaired) electrons. The molecule has 0 aliphatic heterocycles. The quantitative estimate of drug-likeness (QED) is 0.297. The number of nitrogens with zero attached hydrogens (tertiary/aromatic N) is 1. The summed E-state index contributed by atoms with van der Waals surface area (Å²) in [5.74, 6) is 0. The van der Waals surface area contributed by atoms with Gasteiger partial charge >= 0.3 is 0 Å². The van der Waals surface area contributed by atoms with E-state index >= 15 is 0 Å². The van der Waals surface area contributed by atoms with E-state index in [1.165, 1.54) is 41.9 Å². The topological polar surface area (TPSA) is 12.9 Å². The number of pyridine rings is 1. The first-order valence-corrected chi connectivity index (χ1v) is 9.90. The number of hydrogen-bond donors (Lipinski definition) is 0. The molecule has 0 saturated heterocycles. The molecule has 27 heavy (non-hydrogen) atoms. The largest absolute Gasteiger partial charge is 0.246 e. The number of hydrogen-bond acceptors (Lipinski definition) is 2. The highest BCUT2D eigenvalue weighted by molar-refractivity contribution is 7.27. The molecule has 0 atom stereocenters. The molecule has 0 unspecified atom stereocenters. The van der Waals surface area contributed by atoms with E-state index in [-0.39, 0.29) is 0 Å². The minimum absolute atomic E-state index is 1.05. The van der Waals surface area contributed by atoms with Gasteiger partial charge in [0.2, 0.25) is 0 Å².